The molecule has 0 unspecified atom stereocenters. The summed E-state index contributed by atoms with van der Waals surface area (Å²) in [7, 11) is 0. The molecule has 0 atom stereocenters. The molecule has 0 amide bonds. The van der Waals surface area contributed by atoms with Crippen molar-refractivity contribution >= 4 is 50.4 Å². The minimum Gasteiger partial charge on any atom is -0.315 e. The number of allylic oxidation sites excluding steroid dienone is 7. The number of anilines is 4. The first-order valence-corrected chi connectivity index (χ1v) is 22.9. The van der Waals surface area contributed by atoms with Crippen LogP contribution >= 0.6 is 0 Å². The summed E-state index contributed by atoms with van der Waals surface area (Å²) in [5.74, 6) is 0. The molecular weight excluding hydrogens is 833 g/mol. The first-order chi connectivity index (χ1) is 33.4. The third-order valence-electron chi connectivity index (χ3n) is 12.1. The summed E-state index contributed by atoms with van der Waals surface area (Å²) in [5, 5.41) is 18.6. The Bertz CT molecular complexity index is 3380. The molecule has 8 aromatic carbocycles. The highest BCUT2D eigenvalue weighted by molar-refractivity contribution is 5.78. The second-order valence-electron chi connectivity index (χ2n) is 16.6. The lowest BCUT2D eigenvalue weighted by Crippen LogP contribution is -2.15. The van der Waals surface area contributed by atoms with Gasteiger partial charge in [0.1, 0.15) is 22.1 Å². The standard InChI is InChI=1S/C60H50N8/c1-5-14-50(6-2)66(54-37-27-47(28-38-54)49-31-41-56(42-32-49)68-63-59-19-12-13-20-60(59)64-68)53-33-23-45(24-34-53)43(3)21-22-44(4)65(51-15-8-7-9-16-51)52-35-25-46(26-36-52)48-29-39-55(40-30-48)67-61-57-17-10-11-18-58(57)62-67/h5-42H,1-4H3/b14-5-,43-21+,44-22+,50-6+. The molecule has 330 valence electrons. The van der Waals surface area contributed by atoms with Gasteiger partial charge in [0.2, 0.25) is 0 Å². The zero-order valence-electron chi connectivity index (χ0n) is 38.5. The van der Waals surface area contributed by atoms with Crippen LogP contribution in [0.4, 0.5) is 22.7 Å². The Balaban J connectivity index is 0.860. The maximum absolute atomic E-state index is 4.64. The molecular formula is C60H50N8. The fraction of sp³-hybridized carbons (Fsp3) is 0.0667. The molecule has 0 saturated carbocycles. The molecule has 0 spiro atoms. The molecule has 2 heterocycles. The van der Waals surface area contributed by atoms with Gasteiger partial charge in [-0.25, -0.2) is 0 Å². The first kappa shape index (κ1) is 43.0. The van der Waals surface area contributed by atoms with E-state index < -0.39 is 0 Å². The molecule has 0 radical (unpaired) electrons. The summed E-state index contributed by atoms with van der Waals surface area (Å²) >= 11 is 0. The fourth-order valence-electron chi connectivity index (χ4n) is 8.47. The smallest absolute Gasteiger partial charge is 0.113 e. The highest BCUT2D eigenvalue weighted by Crippen LogP contribution is 2.35. The van der Waals surface area contributed by atoms with E-state index in [1.54, 1.807) is 9.59 Å². The van der Waals surface area contributed by atoms with Crippen molar-refractivity contribution in [3.63, 3.8) is 0 Å². The zero-order chi connectivity index (χ0) is 46.4. The summed E-state index contributed by atoms with van der Waals surface area (Å²) in [6.07, 6.45) is 10.8. The molecule has 0 aliphatic rings. The van der Waals surface area contributed by atoms with Gasteiger partial charge in [-0.2, -0.15) is 9.59 Å². The van der Waals surface area contributed by atoms with Gasteiger partial charge in [0.15, 0.2) is 0 Å². The molecule has 2 aromatic heterocycles. The Kier molecular flexibility index (Phi) is 12.2. The van der Waals surface area contributed by atoms with E-state index in [0.29, 0.717) is 0 Å². The number of hydrogen-bond acceptors (Lipinski definition) is 6. The van der Waals surface area contributed by atoms with Crippen molar-refractivity contribution in [1.29, 1.82) is 0 Å². The third kappa shape index (κ3) is 9.03. The largest absolute Gasteiger partial charge is 0.315 e. The highest BCUT2D eigenvalue weighted by atomic mass is 15.5. The number of hydrogen-bond donors (Lipinski definition) is 0. The Morgan fingerprint density at radius 3 is 1.18 bits per heavy atom. The van der Waals surface area contributed by atoms with E-state index >= 15 is 0 Å². The van der Waals surface area contributed by atoms with Crippen LogP contribution in [0.5, 0.6) is 0 Å². The van der Waals surface area contributed by atoms with Gasteiger partial charge in [-0.05, 0) is 170 Å². The van der Waals surface area contributed by atoms with Crippen LogP contribution in [0, 0.1) is 0 Å². The lowest BCUT2D eigenvalue weighted by atomic mass is 10.0. The quantitative estimate of drug-likeness (QED) is 0.107. The van der Waals surface area contributed by atoms with Gasteiger partial charge in [0.25, 0.3) is 0 Å². The second-order valence-corrected chi connectivity index (χ2v) is 16.6. The van der Waals surface area contributed by atoms with Crippen molar-refractivity contribution in [3.05, 3.63) is 248 Å². The molecule has 0 aliphatic heterocycles. The lowest BCUT2D eigenvalue weighted by Gasteiger charge is -2.27. The number of nitrogens with zero attached hydrogens (tertiary/aromatic N) is 8. The minimum absolute atomic E-state index is 0.878. The van der Waals surface area contributed by atoms with Crippen molar-refractivity contribution < 1.29 is 0 Å². The van der Waals surface area contributed by atoms with Crippen LogP contribution in [-0.4, -0.2) is 30.0 Å². The van der Waals surface area contributed by atoms with Crippen molar-refractivity contribution in [3.8, 4) is 33.6 Å². The monoisotopic (exact) mass is 882 g/mol. The van der Waals surface area contributed by atoms with Crippen LogP contribution < -0.4 is 9.80 Å². The molecule has 0 bridgehead atoms. The van der Waals surface area contributed by atoms with E-state index in [2.05, 4.69) is 240 Å². The SMILES string of the molecule is C/C=C\C(=C/C)N(c1ccc(/C(C)=C/C=C(\C)N(c2ccccc2)c2ccc(-c3ccc(-n4nc5ccccc5n4)cc3)cc2)cc1)c1ccc(-c2ccc(-n3nc4ccccc4n3)cc2)cc1. The van der Waals surface area contributed by atoms with Crippen LogP contribution in [0.2, 0.25) is 0 Å². The maximum atomic E-state index is 4.64. The number of fused-ring (bicyclic) bond motifs is 2. The number of aromatic nitrogens is 6. The van der Waals surface area contributed by atoms with Gasteiger partial charge in [0, 0.05) is 34.1 Å². The van der Waals surface area contributed by atoms with E-state index in [9.17, 15) is 0 Å². The molecule has 10 rings (SSSR count). The predicted octanol–water partition coefficient (Wildman–Crippen LogP) is 15.3. The van der Waals surface area contributed by atoms with Crippen molar-refractivity contribution in [2.75, 3.05) is 9.80 Å². The van der Waals surface area contributed by atoms with Crippen LogP contribution in [-0.2, 0) is 0 Å². The molecule has 8 heteroatoms. The van der Waals surface area contributed by atoms with Crippen molar-refractivity contribution in [2.24, 2.45) is 0 Å². The molecule has 0 fully saturated rings. The normalized spacial score (nSPS) is 12.3. The number of rotatable bonds is 13. The highest BCUT2D eigenvalue weighted by Gasteiger charge is 2.15. The Morgan fingerprint density at radius 1 is 0.397 bits per heavy atom. The van der Waals surface area contributed by atoms with Gasteiger partial charge in [-0.3, -0.25) is 0 Å². The Labute approximate surface area is 397 Å². The second kappa shape index (κ2) is 19.3. The zero-order valence-corrected chi connectivity index (χ0v) is 38.5. The molecule has 0 N–H and O–H groups in total. The van der Waals surface area contributed by atoms with Crippen LogP contribution in [0.3, 0.4) is 0 Å². The average Bonchev–Trinajstić information content (AvgIpc) is 4.04. The van der Waals surface area contributed by atoms with E-state index in [-0.39, 0.29) is 0 Å². The van der Waals surface area contributed by atoms with Crippen molar-refractivity contribution in [1.82, 2.24) is 30.0 Å². The van der Waals surface area contributed by atoms with Crippen LogP contribution in [0.15, 0.2) is 242 Å². The molecule has 10 aromatic rings. The van der Waals surface area contributed by atoms with Crippen LogP contribution in [0.1, 0.15) is 33.3 Å². The average molecular weight is 883 g/mol. The maximum Gasteiger partial charge on any atom is 0.113 e. The van der Waals surface area contributed by atoms with Gasteiger partial charge in [-0.15, -0.1) is 20.4 Å². The summed E-state index contributed by atoms with van der Waals surface area (Å²) in [5.41, 5.74) is 18.7. The van der Waals surface area contributed by atoms with Gasteiger partial charge >= 0.3 is 0 Å². The third-order valence-corrected chi connectivity index (χ3v) is 12.1. The van der Waals surface area contributed by atoms with Gasteiger partial charge in [-0.1, -0.05) is 121 Å². The number of benzene rings is 8. The first-order valence-electron chi connectivity index (χ1n) is 22.9. The lowest BCUT2D eigenvalue weighted by molar-refractivity contribution is 0.766. The van der Waals surface area contributed by atoms with E-state index in [0.717, 1.165) is 95.4 Å². The Morgan fingerprint density at radius 2 is 0.765 bits per heavy atom. The topological polar surface area (TPSA) is 67.9 Å². The summed E-state index contributed by atoms with van der Waals surface area (Å²) in [6, 6.07) is 69.5. The van der Waals surface area contributed by atoms with Gasteiger partial charge in [0.05, 0.1) is 11.4 Å². The molecule has 68 heavy (non-hydrogen) atoms. The van der Waals surface area contributed by atoms with Crippen molar-refractivity contribution in [2.45, 2.75) is 27.7 Å². The fourth-order valence-corrected chi connectivity index (χ4v) is 8.47. The van der Waals surface area contributed by atoms with E-state index in [1.165, 1.54) is 5.57 Å². The molecule has 8 nitrogen and oxygen atoms in total. The number of para-hydroxylation sites is 1. The molecule has 0 aliphatic carbocycles. The summed E-state index contributed by atoms with van der Waals surface area (Å²) < 4.78 is 0. The summed E-state index contributed by atoms with van der Waals surface area (Å²) in [4.78, 5) is 7.99. The molecule has 0 saturated heterocycles. The van der Waals surface area contributed by atoms with Gasteiger partial charge < -0.3 is 9.80 Å². The van der Waals surface area contributed by atoms with Crippen LogP contribution in [0.25, 0.3) is 61.3 Å². The summed E-state index contributed by atoms with van der Waals surface area (Å²) in [6.45, 7) is 8.47. The minimum atomic E-state index is 0.878. The predicted molar refractivity (Wildman–Crippen MR) is 282 cm³/mol. The van der Waals surface area contributed by atoms with E-state index in [1.807, 2.05) is 48.5 Å². The Hall–Kier alpha value is -8.88. The van der Waals surface area contributed by atoms with E-state index in [4.69, 9.17) is 0 Å².